The SMILES string of the molecule is O=C(CCl)N1CC(N2CCCC2)Cc2cc(-[n+]3ccn(C4Cc5ccccc5N(C(=O)CCl)C4)c3)ccc21. The van der Waals surface area contributed by atoms with Gasteiger partial charge in [-0.05, 0) is 67.7 Å². The van der Waals surface area contributed by atoms with E-state index in [1.54, 1.807) is 4.90 Å². The van der Waals surface area contributed by atoms with Crippen molar-refractivity contribution < 1.29 is 14.2 Å². The number of rotatable bonds is 5. The summed E-state index contributed by atoms with van der Waals surface area (Å²) in [5, 5.41) is 0. The average Bonchev–Trinajstić information content (AvgIpc) is 3.68. The molecule has 0 radical (unpaired) electrons. The Bertz CT molecular complexity index is 1350. The molecule has 2 unspecified atom stereocenters. The molecule has 6 rings (SSSR count). The second kappa shape index (κ2) is 10.7. The van der Waals surface area contributed by atoms with Crippen molar-refractivity contribution >= 4 is 46.4 Å². The lowest BCUT2D eigenvalue weighted by Crippen LogP contribution is -2.50. The van der Waals surface area contributed by atoms with Crippen LogP contribution in [0.15, 0.2) is 61.2 Å². The topological polar surface area (TPSA) is 52.7 Å². The minimum absolute atomic E-state index is 0.0146. The summed E-state index contributed by atoms with van der Waals surface area (Å²) in [5.74, 6) is -0.179. The zero-order valence-corrected chi connectivity index (χ0v) is 22.8. The number of para-hydroxylation sites is 1. The van der Waals surface area contributed by atoms with E-state index >= 15 is 0 Å². The van der Waals surface area contributed by atoms with Gasteiger partial charge in [-0.15, -0.1) is 23.2 Å². The van der Waals surface area contributed by atoms with Gasteiger partial charge in [0.2, 0.25) is 18.1 Å². The maximum Gasteiger partial charge on any atom is 0.249 e. The zero-order valence-electron chi connectivity index (χ0n) is 21.3. The standard InChI is InChI=1S/C29H32Cl2N5O2/c30-16-28(37)35-19-25(13-21-5-1-2-6-26(21)35)34-12-11-33(20-34)23-7-8-27-22(14-23)15-24(32-9-3-4-10-32)18-36(27)29(38)17-31/h1-2,5-8,11-12,14,20,24-25H,3-4,9-10,13,15-19H2/q+1. The predicted molar refractivity (Wildman–Crippen MR) is 150 cm³/mol. The van der Waals surface area contributed by atoms with Crippen molar-refractivity contribution in [1.82, 2.24) is 9.47 Å². The number of carbonyl (C=O) groups is 2. The minimum atomic E-state index is -0.0814. The van der Waals surface area contributed by atoms with Crippen molar-refractivity contribution in [2.75, 3.05) is 47.7 Å². The van der Waals surface area contributed by atoms with Crippen LogP contribution >= 0.6 is 23.2 Å². The molecular formula is C29H32Cl2N5O2+. The molecule has 0 aliphatic carbocycles. The quantitative estimate of drug-likeness (QED) is 0.358. The van der Waals surface area contributed by atoms with Crippen molar-refractivity contribution in [3.63, 3.8) is 0 Å². The van der Waals surface area contributed by atoms with Gasteiger partial charge < -0.3 is 9.80 Å². The number of likely N-dealkylation sites (tertiary alicyclic amines) is 1. The number of amides is 2. The van der Waals surface area contributed by atoms with E-state index in [9.17, 15) is 9.59 Å². The Morgan fingerprint density at radius 3 is 2.24 bits per heavy atom. The highest BCUT2D eigenvalue weighted by molar-refractivity contribution is 6.30. The number of carbonyl (C=O) groups excluding carboxylic acids is 2. The Balaban J connectivity index is 1.28. The lowest BCUT2D eigenvalue weighted by Gasteiger charge is -2.38. The molecule has 198 valence electrons. The van der Waals surface area contributed by atoms with E-state index in [-0.39, 0.29) is 29.6 Å². The summed E-state index contributed by atoms with van der Waals surface area (Å²) in [6.45, 7) is 3.46. The second-order valence-corrected chi connectivity index (χ2v) is 11.0. The number of imidazole rings is 1. The van der Waals surface area contributed by atoms with Crippen molar-refractivity contribution in [1.29, 1.82) is 0 Å². The van der Waals surface area contributed by atoms with Gasteiger partial charge in [0.25, 0.3) is 0 Å². The molecule has 0 saturated carbocycles. The van der Waals surface area contributed by atoms with Crippen molar-refractivity contribution in [3.05, 3.63) is 72.3 Å². The van der Waals surface area contributed by atoms with Gasteiger partial charge in [0.15, 0.2) is 0 Å². The Morgan fingerprint density at radius 1 is 0.842 bits per heavy atom. The van der Waals surface area contributed by atoms with Crippen LogP contribution in [0.5, 0.6) is 0 Å². The first-order valence-electron chi connectivity index (χ1n) is 13.3. The number of alkyl halides is 2. The molecule has 0 bridgehead atoms. The Morgan fingerprint density at radius 2 is 1.50 bits per heavy atom. The van der Waals surface area contributed by atoms with Crippen molar-refractivity contribution in [2.24, 2.45) is 0 Å². The van der Waals surface area contributed by atoms with E-state index in [0.717, 1.165) is 48.6 Å². The molecule has 7 nitrogen and oxygen atoms in total. The summed E-state index contributed by atoms with van der Waals surface area (Å²) in [6.07, 6.45) is 10.4. The molecule has 2 amide bonds. The third kappa shape index (κ3) is 4.72. The number of aromatic nitrogens is 2. The third-order valence-corrected chi connectivity index (χ3v) is 8.66. The zero-order chi connectivity index (χ0) is 26.2. The van der Waals surface area contributed by atoms with E-state index in [4.69, 9.17) is 23.2 Å². The molecule has 3 aromatic rings. The fourth-order valence-corrected chi connectivity index (χ4v) is 6.56. The first-order valence-corrected chi connectivity index (χ1v) is 14.4. The van der Waals surface area contributed by atoms with Gasteiger partial charge in [-0.1, -0.05) is 18.2 Å². The lowest BCUT2D eigenvalue weighted by atomic mass is 9.96. The monoisotopic (exact) mass is 552 g/mol. The molecular weight excluding hydrogens is 521 g/mol. The number of halogens is 2. The van der Waals surface area contributed by atoms with Gasteiger partial charge in [-0.2, -0.15) is 0 Å². The summed E-state index contributed by atoms with van der Waals surface area (Å²) < 4.78 is 4.29. The van der Waals surface area contributed by atoms with Crippen LogP contribution in [0.25, 0.3) is 5.69 Å². The second-order valence-electron chi connectivity index (χ2n) is 10.4. The molecule has 0 spiro atoms. The molecule has 1 fully saturated rings. The third-order valence-electron chi connectivity index (χ3n) is 8.20. The van der Waals surface area contributed by atoms with Gasteiger partial charge >= 0.3 is 0 Å². The maximum atomic E-state index is 12.7. The summed E-state index contributed by atoms with van der Waals surface area (Å²) in [4.78, 5) is 31.6. The fourth-order valence-electron chi connectivity index (χ4n) is 6.27. The molecule has 3 aliphatic rings. The number of hydrogen-bond acceptors (Lipinski definition) is 3. The number of anilines is 2. The first-order chi connectivity index (χ1) is 18.6. The molecule has 2 aromatic carbocycles. The van der Waals surface area contributed by atoms with Crippen LogP contribution in [-0.2, 0) is 22.4 Å². The van der Waals surface area contributed by atoms with Gasteiger partial charge in [0, 0.05) is 30.4 Å². The van der Waals surface area contributed by atoms with Gasteiger partial charge in [0.1, 0.15) is 35.9 Å². The van der Waals surface area contributed by atoms with Gasteiger partial charge in [-0.25, -0.2) is 9.13 Å². The van der Waals surface area contributed by atoms with Crippen LogP contribution < -0.4 is 14.4 Å². The smallest absolute Gasteiger partial charge is 0.249 e. The normalized spacial score (nSPS) is 21.3. The maximum absolute atomic E-state index is 12.7. The summed E-state index contributed by atoms with van der Waals surface area (Å²) in [7, 11) is 0. The van der Waals surface area contributed by atoms with Crippen molar-refractivity contribution in [2.45, 2.75) is 37.8 Å². The molecule has 0 N–H and O–H groups in total. The number of hydrogen-bond donors (Lipinski definition) is 0. The molecule has 9 heteroatoms. The molecule has 2 atom stereocenters. The van der Waals surface area contributed by atoms with Crippen molar-refractivity contribution in [3.8, 4) is 5.69 Å². The Labute approximate surface area is 233 Å². The summed E-state index contributed by atoms with van der Waals surface area (Å²) in [5.41, 5.74) is 5.29. The lowest BCUT2D eigenvalue weighted by molar-refractivity contribution is -0.595. The van der Waals surface area contributed by atoms with Gasteiger partial charge in [-0.3, -0.25) is 14.5 Å². The molecule has 3 aliphatic heterocycles. The van der Waals surface area contributed by atoms with Crippen LogP contribution in [0.4, 0.5) is 11.4 Å². The predicted octanol–water partition coefficient (Wildman–Crippen LogP) is 3.73. The van der Waals surface area contributed by atoms with Crippen LogP contribution in [0, 0.1) is 0 Å². The highest BCUT2D eigenvalue weighted by atomic mass is 35.5. The highest BCUT2D eigenvalue weighted by Crippen LogP contribution is 2.33. The average molecular weight is 554 g/mol. The van der Waals surface area contributed by atoms with Gasteiger partial charge in [0.05, 0.1) is 6.54 Å². The number of nitrogens with zero attached hydrogens (tertiary/aromatic N) is 5. The van der Waals surface area contributed by atoms with Crippen LogP contribution in [0.2, 0.25) is 0 Å². The summed E-state index contributed by atoms with van der Waals surface area (Å²) in [6, 6.07) is 14.8. The number of fused-ring (bicyclic) bond motifs is 2. The minimum Gasteiger partial charge on any atom is -0.310 e. The molecule has 38 heavy (non-hydrogen) atoms. The van der Waals surface area contributed by atoms with E-state index in [1.807, 2.05) is 23.1 Å². The van der Waals surface area contributed by atoms with E-state index < -0.39 is 0 Å². The number of benzene rings is 2. The van der Waals surface area contributed by atoms with Crippen LogP contribution in [-0.4, -0.2) is 65.3 Å². The van der Waals surface area contributed by atoms with E-state index in [0.29, 0.717) is 19.1 Å². The van der Waals surface area contributed by atoms with E-state index in [1.165, 1.54) is 18.4 Å². The molecule has 1 aromatic heterocycles. The largest absolute Gasteiger partial charge is 0.310 e. The highest BCUT2D eigenvalue weighted by Gasteiger charge is 2.34. The van der Waals surface area contributed by atoms with Crippen LogP contribution in [0.1, 0.15) is 30.0 Å². The summed E-state index contributed by atoms with van der Waals surface area (Å²) >= 11 is 11.9. The fraction of sp³-hybridized carbons (Fsp3) is 0.414. The Hall–Kier alpha value is -2.87. The first kappa shape index (κ1) is 25.4. The van der Waals surface area contributed by atoms with Crippen LogP contribution in [0.3, 0.4) is 0 Å². The molecule has 1 saturated heterocycles. The van der Waals surface area contributed by atoms with E-state index in [2.05, 4.69) is 57.0 Å². The molecule has 4 heterocycles. The Kier molecular flexibility index (Phi) is 7.16.